The zero-order valence-electron chi connectivity index (χ0n) is 22.4. The monoisotopic (exact) mass is 569 g/mol. The standard InChI is InChI=1S/C30H36ClN3O4S/c1-3-19-32-30(36)28(22-24-12-6-4-7-13-24)34(23-25-14-10-15-26(31)21-25)29(35)18-11-20-33(2)39(37,38)27-16-8-5-9-17-27/h4-10,12-17,21,28H,3,11,18-20,22-23H2,1-2H3,(H,32,36)/t28-/m1/s1. The Morgan fingerprint density at radius 2 is 1.56 bits per heavy atom. The number of benzene rings is 3. The Labute approximate surface area is 236 Å². The van der Waals surface area contributed by atoms with Crippen molar-refractivity contribution < 1.29 is 18.0 Å². The predicted molar refractivity (Wildman–Crippen MR) is 155 cm³/mol. The van der Waals surface area contributed by atoms with E-state index in [-0.39, 0.29) is 36.2 Å². The van der Waals surface area contributed by atoms with Crippen molar-refractivity contribution in [2.75, 3.05) is 20.1 Å². The lowest BCUT2D eigenvalue weighted by atomic mass is 10.0. The number of hydrogen-bond donors (Lipinski definition) is 1. The molecule has 1 atom stereocenters. The first-order valence-corrected chi connectivity index (χ1v) is 14.9. The van der Waals surface area contributed by atoms with E-state index in [0.29, 0.717) is 24.4 Å². The van der Waals surface area contributed by atoms with Gasteiger partial charge in [-0.2, -0.15) is 0 Å². The Morgan fingerprint density at radius 3 is 2.21 bits per heavy atom. The number of carbonyl (C=O) groups excluding carboxylic acids is 2. The maximum atomic E-state index is 13.7. The van der Waals surface area contributed by atoms with Gasteiger partial charge in [-0.25, -0.2) is 12.7 Å². The minimum atomic E-state index is -3.66. The first-order valence-electron chi connectivity index (χ1n) is 13.1. The van der Waals surface area contributed by atoms with Gasteiger partial charge in [0, 0.05) is 44.5 Å². The van der Waals surface area contributed by atoms with Crippen molar-refractivity contribution in [1.29, 1.82) is 0 Å². The van der Waals surface area contributed by atoms with Gasteiger partial charge in [0.05, 0.1) is 4.90 Å². The number of amides is 2. The van der Waals surface area contributed by atoms with E-state index < -0.39 is 16.1 Å². The van der Waals surface area contributed by atoms with Gasteiger partial charge in [0.15, 0.2) is 0 Å². The van der Waals surface area contributed by atoms with Gasteiger partial charge in [-0.15, -0.1) is 0 Å². The fourth-order valence-electron chi connectivity index (χ4n) is 4.24. The van der Waals surface area contributed by atoms with E-state index in [1.807, 2.05) is 49.4 Å². The quantitative estimate of drug-likeness (QED) is 0.299. The van der Waals surface area contributed by atoms with Crippen LogP contribution in [0.15, 0.2) is 89.8 Å². The summed E-state index contributed by atoms with van der Waals surface area (Å²) in [6, 6.07) is 24.3. The highest BCUT2D eigenvalue weighted by Crippen LogP contribution is 2.19. The van der Waals surface area contributed by atoms with Gasteiger partial charge in [0.25, 0.3) is 0 Å². The summed E-state index contributed by atoms with van der Waals surface area (Å²) in [5, 5.41) is 3.50. The van der Waals surface area contributed by atoms with E-state index in [1.54, 1.807) is 47.4 Å². The molecule has 39 heavy (non-hydrogen) atoms. The van der Waals surface area contributed by atoms with Gasteiger partial charge in [-0.3, -0.25) is 9.59 Å². The Bertz CT molecular complexity index is 1320. The molecule has 0 fully saturated rings. The molecule has 0 saturated heterocycles. The maximum absolute atomic E-state index is 13.7. The van der Waals surface area contributed by atoms with Gasteiger partial charge < -0.3 is 10.2 Å². The fourth-order valence-corrected chi connectivity index (χ4v) is 5.68. The van der Waals surface area contributed by atoms with E-state index in [2.05, 4.69) is 5.32 Å². The smallest absolute Gasteiger partial charge is 0.243 e. The number of carbonyl (C=O) groups is 2. The molecule has 0 aromatic heterocycles. The predicted octanol–water partition coefficient (Wildman–Crippen LogP) is 4.91. The minimum absolute atomic E-state index is 0.0849. The van der Waals surface area contributed by atoms with Crippen molar-refractivity contribution in [3.05, 3.63) is 101 Å². The van der Waals surface area contributed by atoms with Crippen LogP contribution in [-0.2, 0) is 32.6 Å². The summed E-state index contributed by atoms with van der Waals surface area (Å²) in [7, 11) is -2.15. The van der Waals surface area contributed by atoms with E-state index in [1.165, 1.54) is 11.4 Å². The highest BCUT2D eigenvalue weighted by molar-refractivity contribution is 7.89. The highest BCUT2D eigenvalue weighted by atomic mass is 35.5. The summed E-state index contributed by atoms with van der Waals surface area (Å²) in [5.74, 6) is -0.451. The summed E-state index contributed by atoms with van der Waals surface area (Å²) in [6.45, 7) is 2.85. The third-order valence-electron chi connectivity index (χ3n) is 6.38. The number of sulfonamides is 1. The average Bonchev–Trinajstić information content (AvgIpc) is 2.94. The molecule has 0 spiro atoms. The first-order chi connectivity index (χ1) is 18.7. The molecule has 0 heterocycles. The number of nitrogens with one attached hydrogen (secondary N) is 1. The Balaban J connectivity index is 1.81. The second kappa shape index (κ2) is 14.8. The van der Waals surface area contributed by atoms with Gasteiger partial charge in [0.1, 0.15) is 6.04 Å². The normalized spacial score (nSPS) is 12.2. The average molecular weight is 570 g/mol. The lowest BCUT2D eigenvalue weighted by Crippen LogP contribution is -2.50. The van der Waals surface area contributed by atoms with Crippen LogP contribution in [0.5, 0.6) is 0 Å². The maximum Gasteiger partial charge on any atom is 0.243 e. The molecule has 0 unspecified atom stereocenters. The molecule has 0 saturated carbocycles. The molecule has 7 nitrogen and oxygen atoms in total. The second-order valence-electron chi connectivity index (χ2n) is 9.39. The van der Waals surface area contributed by atoms with Gasteiger partial charge >= 0.3 is 0 Å². The molecular weight excluding hydrogens is 534 g/mol. The largest absolute Gasteiger partial charge is 0.354 e. The lowest BCUT2D eigenvalue weighted by Gasteiger charge is -2.32. The lowest BCUT2D eigenvalue weighted by molar-refractivity contribution is -0.141. The third-order valence-corrected chi connectivity index (χ3v) is 8.48. The van der Waals surface area contributed by atoms with Crippen LogP contribution >= 0.6 is 11.6 Å². The van der Waals surface area contributed by atoms with Crippen LogP contribution in [0.4, 0.5) is 0 Å². The van der Waals surface area contributed by atoms with Crippen LogP contribution in [0.2, 0.25) is 5.02 Å². The van der Waals surface area contributed by atoms with Crippen LogP contribution in [0.3, 0.4) is 0 Å². The van der Waals surface area contributed by atoms with E-state index in [0.717, 1.165) is 17.5 Å². The van der Waals surface area contributed by atoms with Gasteiger partial charge in [-0.1, -0.05) is 79.2 Å². The number of hydrogen-bond acceptors (Lipinski definition) is 4. The number of nitrogens with zero attached hydrogens (tertiary/aromatic N) is 2. The molecule has 0 aliphatic carbocycles. The van der Waals surface area contributed by atoms with Crippen LogP contribution < -0.4 is 5.32 Å². The van der Waals surface area contributed by atoms with Gasteiger partial charge in [0.2, 0.25) is 21.8 Å². The first kappa shape index (κ1) is 30.3. The molecule has 1 N–H and O–H groups in total. The van der Waals surface area contributed by atoms with E-state index in [9.17, 15) is 18.0 Å². The molecule has 0 aliphatic rings. The second-order valence-corrected chi connectivity index (χ2v) is 11.9. The molecule has 208 valence electrons. The number of rotatable bonds is 14. The zero-order chi connectivity index (χ0) is 28.3. The Kier molecular flexibility index (Phi) is 11.5. The van der Waals surface area contributed by atoms with Crippen molar-refractivity contribution in [2.45, 2.75) is 50.1 Å². The molecule has 3 rings (SSSR count). The number of halogens is 1. The molecule has 9 heteroatoms. The summed E-state index contributed by atoms with van der Waals surface area (Å²) in [5.41, 5.74) is 1.74. The van der Waals surface area contributed by atoms with Gasteiger partial charge in [-0.05, 0) is 48.2 Å². The summed E-state index contributed by atoms with van der Waals surface area (Å²) in [6.07, 6.45) is 1.52. The van der Waals surface area contributed by atoms with E-state index in [4.69, 9.17) is 11.6 Å². The van der Waals surface area contributed by atoms with Crippen LogP contribution in [0.25, 0.3) is 0 Å². The topological polar surface area (TPSA) is 86.8 Å². The third kappa shape index (κ3) is 8.92. The summed E-state index contributed by atoms with van der Waals surface area (Å²) in [4.78, 5) is 28.8. The summed E-state index contributed by atoms with van der Waals surface area (Å²) >= 11 is 6.21. The highest BCUT2D eigenvalue weighted by Gasteiger charge is 2.30. The van der Waals surface area contributed by atoms with Crippen molar-refractivity contribution in [1.82, 2.24) is 14.5 Å². The molecule has 2 amide bonds. The van der Waals surface area contributed by atoms with Crippen molar-refractivity contribution >= 4 is 33.4 Å². The van der Waals surface area contributed by atoms with Crippen molar-refractivity contribution in [3.8, 4) is 0 Å². The molecular formula is C30H36ClN3O4S. The van der Waals surface area contributed by atoms with Crippen LogP contribution in [-0.4, -0.2) is 55.6 Å². The zero-order valence-corrected chi connectivity index (χ0v) is 24.0. The van der Waals surface area contributed by atoms with Crippen LogP contribution in [0.1, 0.15) is 37.3 Å². The fraction of sp³-hybridized carbons (Fsp3) is 0.333. The Morgan fingerprint density at radius 1 is 0.923 bits per heavy atom. The minimum Gasteiger partial charge on any atom is -0.354 e. The SMILES string of the molecule is CCCNC(=O)[C@@H](Cc1ccccc1)N(Cc1cccc(Cl)c1)C(=O)CCCN(C)S(=O)(=O)c1ccccc1. The van der Waals surface area contributed by atoms with Crippen LogP contribution in [0, 0.1) is 0 Å². The summed E-state index contributed by atoms with van der Waals surface area (Å²) < 4.78 is 27.0. The molecule has 0 radical (unpaired) electrons. The molecule has 3 aromatic rings. The molecule has 3 aromatic carbocycles. The van der Waals surface area contributed by atoms with Crippen molar-refractivity contribution in [2.24, 2.45) is 0 Å². The molecule has 0 bridgehead atoms. The Hall–Kier alpha value is -3.20. The van der Waals surface area contributed by atoms with E-state index >= 15 is 0 Å². The molecule has 0 aliphatic heterocycles. The van der Waals surface area contributed by atoms with Crippen molar-refractivity contribution in [3.63, 3.8) is 0 Å².